The van der Waals surface area contributed by atoms with Crippen LogP contribution in [0.15, 0.2) is 88.6 Å². The van der Waals surface area contributed by atoms with Gasteiger partial charge in [-0.25, -0.2) is 4.98 Å². The van der Waals surface area contributed by atoms with Crippen molar-refractivity contribution >= 4 is 46.3 Å². The second-order valence-corrected chi connectivity index (χ2v) is 10.9. The summed E-state index contributed by atoms with van der Waals surface area (Å²) in [5, 5.41) is 4.99. The average molecular weight is 529 g/mol. The summed E-state index contributed by atoms with van der Waals surface area (Å²) in [6.07, 6.45) is 0. The first-order valence-corrected chi connectivity index (χ1v) is 14.1. The number of carbonyl (C=O) groups is 2. The number of carbonyl (C=O) groups excluding carboxylic acids is 2. The van der Waals surface area contributed by atoms with Crippen LogP contribution in [0.25, 0.3) is 11.3 Å². The SMILES string of the molecule is Cc1ccccc1C(=O)N1CCN(c2ccc(NC(=O)CSc3nc(-c4ccccc4)cs3)cc2)CC1. The van der Waals surface area contributed by atoms with Gasteiger partial charge in [-0.15, -0.1) is 11.3 Å². The summed E-state index contributed by atoms with van der Waals surface area (Å²) in [6, 6.07) is 25.7. The van der Waals surface area contributed by atoms with Crippen molar-refractivity contribution in [3.8, 4) is 11.3 Å². The van der Waals surface area contributed by atoms with Crippen LogP contribution in [0.3, 0.4) is 0 Å². The summed E-state index contributed by atoms with van der Waals surface area (Å²) in [7, 11) is 0. The molecule has 0 saturated carbocycles. The van der Waals surface area contributed by atoms with Crippen molar-refractivity contribution < 1.29 is 9.59 Å². The van der Waals surface area contributed by atoms with Crippen molar-refractivity contribution in [2.24, 2.45) is 0 Å². The number of thiazole rings is 1. The molecule has 4 aromatic rings. The maximum Gasteiger partial charge on any atom is 0.254 e. The van der Waals surface area contributed by atoms with E-state index in [9.17, 15) is 9.59 Å². The topological polar surface area (TPSA) is 65.5 Å². The molecule has 1 aliphatic heterocycles. The third kappa shape index (κ3) is 6.21. The lowest BCUT2D eigenvalue weighted by Gasteiger charge is -2.36. The largest absolute Gasteiger partial charge is 0.368 e. The van der Waals surface area contributed by atoms with Gasteiger partial charge in [-0.1, -0.05) is 60.3 Å². The Labute approximate surface area is 225 Å². The standard InChI is InChI=1S/C29H28N4O2S2/c1-21-7-5-6-10-25(21)28(35)33-17-15-32(16-18-33)24-13-11-23(12-14-24)30-27(34)20-37-29-31-26(19-36-29)22-8-3-2-4-9-22/h2-14,19H,15-18,20H2,1H3,(H,30,34). The Bertz CT molecular complexity index is 1360. The normalized spacial score (nSPS) is 13.4. The first kappa shape index (κ1) is 25.0. The Morgan fingerprint density at radius 1 is 0.919 bits per heavy atom. The van der Waals surface area contributed by atoms with Gasteiger partial charge in [0.15, 0.2) is 4.34 Å². The molecule has 2 amide bonds. The Morgan fingerprint density at radius 3 is 2.35 bits per heavy atom. The number of hydrogen-bond acceptors (Lipinski definition) is 6. The summed E-state index contributed by atoms with van der Waals surface area (Å²) in [4.78, 5) is 34.2. The summed E-state index contributed by atoms with van der Waals surface area (Å²) < 4.78 is 0.879. The van der Waals surface area contributed by atoms with Crippen LogP contribution in [0.2, 0.25) is 0 Å². The molecule has 1 fully saturated rings. The first-order chi connectivity index (χ1) is 18.1. The van der Waals surface area contributed by atoms with E-state index in [1.54, 1.807) is 11.3 Å². The average Bonchev–Trinajstić information content (AvgIpc) is 3.42. The molecule has 0 radical (unpaired) electrons. The smallest absolute Gasteiger partial charge is 0.254 e. The van der Waals surface area contributed by atoms with E-state index >= 15 is 0 Å². The molecule has 0 bridgehead atoms. The molecule has 1 saturated heterocycles. The highest BCUT2D eigenvalue weighted by Crippen LogP contribution is 2.28. The van der Waals surface area contributed by atoms with E-state index < -0.39 is 0 Å². The van der Waals surface area contributed by atoms with Gasteiger partial charge in [0, 0.05) is 54.1 Å². The number of rotatable bonds is 7. The van der Waals surface area contributed by atoms with Crippen LogP contribution >= 0.6 is 23.1 Å². The van der Waals surface area contributed by atoms with Gasteiger partial charge in [-0.05, 0) is 42.8 Å². The molecule has 37 heavy (non-hydrogen) atoms. The van der Waals surface area contributed by atoms with Crippen LogP contribution in [-0.2, 0) is 4.79 Å². The van der Waals surface area contributed by atoms with Crippen molar-refractivity contribution in [1.29, 1.82) is 0 Å². The molecule has 188 valence electrons. The molecule has 0 spiro atoms. The van der Waals surface area contributed by atoms with E-state index in [2.05, 4.69) is 15.2 Å². The number of piperazine rings is 1. The van der Waals surface area contributed by atoms with Crippen LogP contribution in [0, 0.1) is 6.92 Å². The lowest BCUT2D eigenvalue weighted by atomic mass is 10.1. The molecule has 1 aromatic heterocycles. The minimum atomic E-state index is -0.0578. The van der Waals surface area contributed by atoms with E-state index in [1.807, 2.05) is 96.1 Å². The lowest BCUT2D eigenvalue weighted by Crippen LogP contribution is -2.48. The van der Waals surface area contributed by atoms with Crippen LogP contribution in [0.4, 0.5) is 11.4 Å². The van der Waals surface area contributed by atoms with Crippen molar-refractivity contribution in [2.45, 2.75) is 11.3 Å². The zero-order chi connectivity index (χ0) is 25.6. The highest BCUT2D eigenvalue weighted by Gasteiger charge is 2.23. The number of hydrogen-bond donors (Lipinski definition) is 1. The quantitative estimate of drug-likeness (QED) is 0.307. The summed E-state index contributed by atoms with van der Waals surface area (Å²) in [6.45, 7) is 4.90. The van der Waals surface area contributed by atoms with Crippen LogP contribution < -0.4 is 10.2 Å². The molecule has 2 heterocycles. The second kappa shape index (κ2) is 11.6. The van der Waals surface area contributed by atoms with Crippen molar-refractivity contribution in [3.05, 3.63) is 95.4 Å². The van der Waals surface area contributed by atoms with Gasteiger partial charge in [0.2, 0.25) is 5.91 Å². The fourth-order valence-corrected chi connectivity index (χ4v) is 5.93. The third-order valence-electron chi connectivity index (χ3n) is 6.34. The second-order valence-electron chi connectivity index (χ2n) is 8.84. The molecule has 0 aliphatic carbocycles. The van der Waals surface area contributed by atoms with E-state index in [1.165, 1.54) is 11.8 Å². The maximum atomic E-state index is 12.9. The highest BCUT2D eigenvalue weighted by atomic mass is 32.2. The number of thioether (sulfide) groups is 1. The Morgan fingerprint density at radius 2 is 1.62 bits per heavy atom. The van der Waals surface area contributed by atoms with Crippen LogP contribution in [0.5, 0.6) is 0 Å². The number of benzene rings is 3. The predicted molar refractivity (Wildman–Crippen MR) is 153 cm³/mol. The summed E-state index contributed by atoms with van der Waals surface area (Å²) in [5.41, 5.74) is 5.66. The molecule has 0 unspecified atom stereocenters. The van der Waals surface area contributed by atoms with Crippen molar-refractivity contribution in [3.63, 3.8) is 0 Å². The van der Waals surface area contributed by atoms with Gasteiger partial charge >= 0.3 is 0 Å². The molecule has 5 rings (SSSR count). The van der Waals surface area contributed by atoms with E-state index in [4.69, 9.17) is 0 Å². The number of nitrogens with one attached hydrogen (secondary N) is 1. The van der Waals surface area contributed by atoms with E-state index in [0.29, 0.717) is 18.8 Å². The molecule has 6 nitrogen and oxygen atoms in total. The van der Waals surface area contributed by atoms with E-state index in [0.717, 1.165) is 51.2 Å². The molecule has 3 aromatic carbocycles. The van der Waals surface area contributed by atoms with Gasteiger partial charge in [-0.2, -0.15) is 0 Å². The number of aryl methyl sites for hydroxylation is 1. The van der Waals surface area contributed by atoms with E-state index in [-0.39, 0.29) is 11.8 Å². The van der Waals surface area contributed by atoms with Crippen LogP contribution in [-0.4, -0.2) is 53.6 Å². The molecule has 0 atom stereocenters. The Hall–Kier alpha value is -3.62. The minimum absolute atomic E-state index is 0.0578. The monoisotopic (exact) mass is 528 g/mol. The minimum Gasteiger partial charge on any atom is -0.368 e. The van der Waals surface area contributed by atoms with Gasteiger partial charge in [-0.3, -0.25) is 9.59 Å². The molecular weight excluding hydrogens is 500 g/mol. The molecule has 1 N–H and O–H groups in total. The summed E-state index contributed by atoms with van der Waals surface area (Å²) in [5.74, 6) is 0.348. The first-order valence-electron chi connectivity index (χ1n) is 12.2. The number of anilines is 2. The molecule has 1 aliphatic rings. The highest BCUT2D eigenvalue weighted by molar-refractivity contribution is 8.01. The summed E-state index contributed by atoms with van der Waals surface area (Å²) >= 11 is 3.00. The predicted octanol–water partition coefficient (Wildman–Crippen LogP) is 5.81. The van der Waals surface area contributed by atoms with Crippen molar-refractivity contribution in [2.75, 3.05) is 42.1 Å². The number of amides is 2. The number of aromatic nitrogens is 1. The fraction of sp³-hybridized carbons (Fsp3) is 0.207. The maximum absolute atomic E-state index is 12.9. The third-order valence-corrected chi connectivity index (χ3v) is 8.36. The van der Waals surface area contributed by atoms with Gasteiger partial charge in [0.1, 0.15) is 0 Å². The fourth-order valence-electron chi connectivity index (χ4n) is 4.30. The van der Waals surface area contributed by atoms with Crippen molar-refractivity contribution in [1.82, 2.24) is 9.88 Å². The Balaban J connectivity index is 1.09. The zero-order valence-corrected chi connectivity index (χ0v) is 22.2. The molecule has 8 heteroatoms. The number of nitrogens with zero attached hydrogens (tertiary/aromatic N) is 3. The van der Waals surface area contributed by atoms with Crippen LogP contribution in [0.1, 0.15) is 15.9 Å². The molecular formula is C29H28N4O2S2. The van der Waals surface area contributed by atoms with Gasteiger partial charge < -0.3 is 15.1 Å². The zero-order valence-electron chi connectivity index (χ0n) is 20.6. The Kier molecular flexibility index (Phi) is 7.87. The van der Waals surface area contributed by atoms with Gasteiger partial charge in [0.05, 0.1) is 11.4 Å². The van der Waals surface area contributed by atoms with Gasteiger partial charge in [0.25, 0.3) is 5.91 Å². The lowest BCUT2D eigenvalue weighted by molar-refractivity contribution is -0.113.